The van der Waals surface area contributed by atoms with Crippen LogP contribution in [0.3, 0.4) is 0 Å². The van der Waals surface area contributed by atoms with Crippen LogP contribution in [0.15, 0.2) is 24.3 Å². The van der Waals surface area contributed by atoms with E-state index in [9.17, 15) is 9.59 Å². The van der Waals surface area contributed by atoms with Crippen LogP contribution in [-0.2, 0) is 4.79 Å². The van der Waals surface area contributed by atoms with E-state index >= 15 is 0 Å². The Kier molecular flexibility index (Phi) is 5.61. The van der Waals surface area contributed by atoms with Crippen LogP contribution in [0.25, 0.3) is 0 Å². The van der Waals surface area contributed by atoms with E-state index in [2.05, 4.69) is 5.32 Å². The summed E-state index contributed by atoms with van der Waals surface area (Å²) in [6.07, 6.45) is 5.63. The zero-order chi connectivity index (χ0) is 16.9. The van der Waals surface area contributed by atoms with Gasteiger partial charge < -0.3 is 15.1 Å². The topological polar surface area (TPSA) is 52.7 Å². The summed E-state index contributed by atoms with van der Waals surface area (Å²) in [4.78, 5) is 28.3. The quantitative estimate of drug-likeness (QED) is 0.900. The highest BCUT2D eigenvalue weighted by molar-refractivity contribution is 6.33. The summed E-state index contributed by atoms with van der Waals surface area (Å²) < 4.78 is 0. The molecule has 0 radical (unpaired) electrons. The number of piperidine rings is 1. The minimum Gasteiger partial charge on any atom is -0.343 e. The standard InChI is InChI=1S/C18H24ClN3O2/c19-15-7-1-2-8-16(15)20-18(24)22-12-4-3-6-14(22)10-13-21-11-5-9-17(21)23/h1-2,7-8,14H,3-6,9-13H2,(H,20,24)/t14-/m0/s1. The highest BCUT2D eigenvalue weighted by Gasteiger charge is 2.28. The van der Waals surface area contributed by atoms with Gasteiger partial charge in [-0.3, -0.25) is 4.79 Å². The lowest BCUT2D eigenvalue weighted by molar-refractivity contribution is -0.127. The van der Waals surface area contributed by atoms with Gasteiger partial charge in [0.1, 0.15) is 0 Å². The van der Waals surface area contributed by atoms with Gasteiger partial charge in [-0.1, -0.05) is 23.7 Å². The fourth-order valence-electron chi connectivity index (χ4n) is 3.56. The second-order valence-electron chi connectivity index (χ2n) is 6.53. The van der Waals surface area contributed by atoms with Crippen LogP contribution in [0.5, 0.6) is 0 Å². The number of hydrogen-bond donors (Lipinski definition) is 1. The highest BCUT2D eigenvalue weighted by Crippen LogP contribution is 2.25. The van der Waals surface area contributed by atoms with E-state index in [1.54, 1.807) is 6.07 Å². The molecule has 1 atom stereocenters. The first-order valence-corrected chi connectivity index (χ1v) is 9.13. The zero-order valence-electron chi connectivity index (χ0n) is 13.8. The molecule has 2 aliphatic heterocycles. The summed E-state index contributed by atoms with van der Waals surface area (Å²) in [7, 11) is 0. The maximum absolute atomic E-state index is 12.7. The van der Waals surface area contributed by atoms with Gasteiger partial charge in [0.05, 0.1) is 10.7 Å². The normalized spacial score (nSPS) is 21.2. The van der Waals surface area contributed by atoms with Crippen molar-refractivity contribution in [3.63, 3.8) is 0 Å². The Morgan fingerprint density at radius 1 is 1.21 bits per heavy atom. The molecule has 1 aromatic rings. The van der Waals surface area contributed by atoms with Gasteiger partial charge in [0.25, 0.3) is 0 Å². The molecule has 0 aromatic heterocycles. The summed E-state index contributed by atoms with van der Waals surface area (Å²) in [6.45, 7) is 2.37. The van der Waals surface area contributed by atoms with Crippen molar-refractivity contribution in [3.05, 3.63) is 29.3 Å². The van der Waals surface area contributed by atoms with Crippen molar-refractivity contribution in [2.45, 2.75) is 44.6 Å². The lowest BCUT2D eigenvalue weighted by atomic mass is 9.99. The number of likely N-dealkylation sites (tertiary alicyclic amines) is 2. The van der Waals surface area contributed by atoms with Crippen molar-refractivity contribution in [1.29, 1.82) is 0 Å². The first-order valence-electron chi connectivity index (χ1n) is 8.75. The number of benzene rings is 1. The summed E-state index contributed by atoms with van der Waals surface area (Å²) in [5.74, 6) is 0.248. The molecule has 3 rings (SSSR count). The predicted molar refractivity (Wildman–Crippen MR) is 95.2 cm³/mol. The molecule has 24 heavy (non-hydrogen) atoms. The van der Waals surface area contributed by atoms with Crippen molar-refractivity contribution in [1.82, 2.24) is 9.80 Å². The minimum atomic E-state index is -0.0967. The van der Waals surface area contributed by atoms with E-state index in [0.29, 0.717) is 17.1 Å². The first kappa shape index (κ1) is 17.1. The average Bonchev–Trinajstić information content (AvgIpc) is 3.00. The van der Waals surface area contributed by atoms with Gasteiger partial charge in [-0.15, -0.1) is 0 Å². The van der Waals surface area contributed by atoms with E-state index in [1.807, 2.05) is 28.0 Å². The summed E-state index contributed by atoms with van der Waals surface area (Å²) in [6, 6.07) is 7.37. The lowest BCUT2D eigenvalue weighted by Gasteiger charge is -2.36. The number of urea groups is 1. The maximum Gasteiger partial charge on any atom is 0.322 e. The van der Waals surface area contributed by atoms with E-state index in [4.69, 9.17) is 11.6 Å². The van der Waals surface area contributed by atoms with E-state index < -0.39 is 0 Å². The summed E-state index contributed by atoms with van der Waals surface area (Å²) in [5.41, 5.74) is 0.642. The Morgan fingerprint density at radius 3 is 2.79 bits per heavy atom. The van der Waals surface area contributed by atoms with Crippen LogP contribution in [0.4, 0.5) is 10.5 Å². The van der Waals surface area contributed by atoms with Gasteiger partial charge in [0, 0.05) is 32.1 Å². The Bertz CT molecular complexity index is 608. The number of hydrogen-bond acceptors (Lipinski definition) is 2. The Labute approximate surface area is 147 Å². The van der Waals surface area contributed by atoms with Gasteiger partial charge in [-0.2, -0.15) is 0 Å². The molecular weight excluding hydrogens is 326 g/mol. The number of nitrogens with one attached hydrogen (secondary N) is 1. The van der Waals surface area contributed by atoms with Crippen LogP contribution >= 0.6 is 11.6 Å². The Morgan fingerprint density at radius 2 is 2.04 bits per heavy atom. The van der Waals surface area contributed by atoms with Crippen molar-refractivity contribution in [3.8, 4) is 0 Å². The molecule has 6 heteroatoms. The molecule has 2 aliphatic rings. The van der Waals surface area contributed by atoms with Gasteiger partial charge in [-0.25, -0.2) is 4.79 Å². The van der Waals surface area contributed by atoms with E-state index in [0.717, 1.165) is 51.7 Å². The molecule has 2 heterocycles. The molecule has 0 spiro atoms. The smallest absolute Gasteiger partial charge is 0.322 e. The second kappa shape index (κ2) is 7.88. The molecule has 0 aliphatic carbocycles. The molecule has 2 fully saturated rings. The number of nitrogens with zero attached hydrogens (tertiary/aromatic N) is 2. The number of rotatable bonds is 4. The predicted octanol–water partition coefficient (Wildman–Crippen LogP) is 3.74. The minimum absolute atomic E-state index is 0.0967. The largest absolute Gasteiger partial charge is 0.343 e. The number of amides is 3. The van der Waals surface area contributed by atoms with Crippen molar-refractivity contribution >= 4 is 29.2 Å². The molecular formula is C18H24ClN3O2. The molecule has 130 valence electrons. The number of para-hydroxylation sites is 1. The van der Waals surface area contributed by atoms with Crippen LogP contribution in [-0.4, -0.2) is 47.4 Å². The lowest BCUT2D eigenvalue weighted by Crippen LogP contribution is -2.47. The van der Waals surface area contributed by atoms with Crippen LogP contribution < -0.4 is 5.32 Å². The molecule has 5 nitrogen and oxygen atoms in total. The SMILES string of the molecule is O=C1CCCN1CC[C@@H]1CCCCN1C(=O)Nc1ccccc1Cl. The third kappa shape index (κ3) is 4.01. The molecule has 0 unspecified atom stereocenters. The Hall–Kier alpha value is -1.75. The zero-order valence-corrected chi connectivity index (χ0v) is 14.6. The summed E-state index contributed by atoms with van der Waals surface area (Å²) >= 11 is 6.13. The third-order valence-corrected chi connectivity index (χ3v) is 5.24. The van der Waals surface area contributed by atoms with Crippen LogP contribution in [0, 0.1) is 0 Å². The molecule has 0 saturated carbocycles. The monoisotopic (exact) mass is 349 g/mol. The fraction of sp³-hybridized carbons (Fsp3) is 0.556. The Balaban J connectivity index is 1.60. The van der Waals surface area contributed by atoms with Crippen LogP contribution in [0.1, 0.15) is 38.5 Å². The average molecular weight is 350 g/mol. The van der Waals surface area contributed by atoms with E-state index in [1.165, 1.54) is 0 Å². The fourth-order valence-corrected chi connectivity index (χ4v) is 3.75. The van der Waals surface area contributed by atoms with Crippen molar-refractivity contribution in [2.75, 3.05) is 25.0 Å². The number of carbonyl (C=O) groups is 2. The first-order chi connectivity index (χ1) is 11.6. The number of halogens is 1. The maximum atomic E-state index is 12.7. The van der Waals surface area contributed by atoms with Crippen LogP contribution in [0.2, 0.25) is 5.02 Å². The number of anilines is 1. The van der Waals surface area contributed by atoms with Crippen molar-refractivity contribution < 1.29 is 9.59 Å². The van der Waals surface area contributed by atoms with Gasteiger partial charge in [0.15, 0.2) is 0 Å². The van der Waals surface area contributed by atoms with Gasteiger partial charge in [-0.05, 0) is 44.2 Å². The molecule has 0 bridgehead atoms. The van der Waals surface area contributed by atoms with Gasteiger partial charge >= 0.3 is 6.03 Å². The number of carbonyl (C=O) groups excluding carboxylic acids is 2. The molecule has 3 amide bonds. The highest BCUT2D eigenvalue weighted by atomic mass is 35.5. The third-order valence-electron chi connectivity index (χ3n) is 4.91. The molecule has 1 aromatic carbocycles. The summed E-state index contributed by atoms with van der Waals surface area (Å²) in [5, 5.41) is 3.46. The molecule has 2 saturated heterocycles. The second-order valence-corrected chi connectivity index (χ2v) is 6.93. The molecule has 1 N–H and O–H groups in total. The van der Waals surface area contributed by atoms with E-state index in [-0.39, 0.29) is 18.0 Å². The van der Waals surface area contributed by atoms with Gasteiger partial charge in [0.2, 0.25) is 5.91 Å². The van der Waals surface area contributed by atoms with Crippen molar-refractivity contribution in [2.24, 2.45) is 0 Å².